The average molecular weight is 380 g/mol. The largest absolute Gasteiger partial charge is 0.423 e. The molecule has 6 nitrogen and oxygen atoms in total. The van der Waals surface area contributed by atoms with Gasteiger partial charge in [-0.05, 0) is 37.3 Å². The highest BCUT2D eigenvalue weighted by Gasteiger charge is 2.47. The molecule has 1 aromatic heterocycles. The molecule has 3 fully saturated rings. The molecule has 1 aliphatic carbocycles. The Morgan fingerprint density at radius 2 is 2.00 bits per heavy atom. The number of piperidine rings is 1. The summed E-state index contributed by atoms with van der Waals surface area (Å²) in [5.41, 5.74) is 1.31. The molecule has 1 saturated carbocycles. The number of likely N-dealkylation sites (tertiary alicyclic amines) is 1. The highest BCUT2D eigenvalue weighted by molar-refractivity contribution is 5.82. The first-order valence-electron chi connectivity index (χ1n) is 10.6. The van der Waals surface area contributed by atoms with E-state index in [1.165, 1.54) is 5.56 Å². The predicted molar refractivity (Wildman–Crippen MR) is 105 cm³/mol. The molecule has 2 aromatic rings. The van der Waals surface area contributed by atoms with Gasteiger partial charge in [0.05, 0.1) is 12.0 Å². The number of nitrogens with one attached hydrogen (secondary N) is 1. The predicted octanol–water partition coefficient (Wildman–Crippen LogP) is 3.25. The molecule has 4 unspecified atom stereocenters. The summed E-state index contributed by atoms with van der Waals surface area (Å²) in [5.74, 6) is 3.09. The number of hydrogen-bond acceptors (Lipinski definition) is 5. The molecule has 0 bridgehead atoms. The molecule has 5 rings (SSSR count). The monoisotopic (exact) mass is 380 g/mol. The van der Waals surface area contributed by atoms with E-state index in [0.717, 1.165) is 32.2 Å². The Bertz CT molecular complexity index is 830. The number of hydrogen-bond donors (Lipinski definition) is 1. The van der Waals surface area contributed by atoms with E-state index in [1.807, 2.05) is 11.0 Å². The minimum atomic E-state index is 0.0620. The SMILES string of the molecule is CCC1CC1C(=O)N1CC(c2nnc(C3NCCCC3c3ccccc3)o2)C1. The smallest absolute Gasteiger partial charge is 0.234 e. The zero-order valence-electron chi connectivity index (χ0n) is 16.4. The minimum Gasteiger partial charge on any atom is -0.423 e. The Morgan fingerprint density at radius 1 is 1.21 bits per heavy atom. The van der Waals surface area contributed by atoms with Gasteiger partial charge in [-0.25, -0.2) is 0 Å². The molecule has 148 valence electrons. The van der Waals surface area contributed by atoms with Crippen LogP contribution in [0.15, 0.2) is 34.7 Å². The first kappa shape index (κ1) is 17.9. The Labute approximate surface area is 165 Å². The van der Waals surface area contributed by atoms with Crippen LogP contribution in [-0.2, 0) is 4.79 Å². The summed E-state index contributed by atoms with van der Waals surface area (Å²) in [6, 6.07) is 10.6. The van der Waals surface area contributed by atoms with Gasteiger partial charge >= 0.3 is 0 Å². The molecule has 2 saturated heterocycles. The highest BCUT2D eigenvalue weighted by Crippen LogP contribution is 2.44. The summed E-state index contributed by atoms with van der Waals surface area (Å²) in [7, 11) is 0. The van der Waals surface area contributed by atoms with Crippen molar-refractivity contribution in [1.29, 1.82) is 0 Å². The van der Waals surface area contributed by atoms with Crippen LogP contribution in [0.25, 0.3) is 0 Å². The van der Waals surface area contributed by atoms with Gasteiger partial charge in [-0.15, -0.1) is 10.2 Å². The third-order valence-electron chi connectivity index (χ3n) is 6.72. The minimum absolute atomic E-state index is 0.0620. The summed E-state index contributed by atoms with van der Waals surface area (Å²) in [6.07, 6.45) is 4.44. The zero-order chi connectivity index (χ0) is 19.1. The molecule has 4 atom stereocenters. The van der Waals surface area contributed by atoms with Gasteiger partial charge in [0.25, 0.3) is 0 Å². The van der Waals surface area contributed by atoms with Gasteiger partial charge in [-0.2, -0.15) is 0 Å². The number of amides is 1. The number of nitrogens with zero attached hydrogens (tertiary/aromatic N) is 3. The summed E-state index contributed by atoms with van der Waals surface area (Å²) in [5, 5.41) is 12.3. The lowest BCUT2D eigenvalue weighted by Gasteiger charge is -2.37. The van der Waals surface area contributed by atoms with Gasteiger partial charge in [-0.3, -0.25) is 4.79 Å². The fraction of sp³-hybridized carbons (Fsp3) is 0.591. The van der Waals surface area contributed by atoms with E-state index < -0.39 is 0 Å². The van der Waals surface area contributed by atoms with Crippen molar-refractivity contribution in [3.63, 3.8) is 0 Å². The molecule has 0 radical (unpaired) electrons. The van der Waals surface area contributed by atoms with Crippen LogP contribution >= 0.6 is 0 Å². The van der Waals surface area contributed by atoms with Crippen molar-refractivity contribution in [2.24, 2.45) is 11.8 Å². The first-order chi connectivity index (χ1) is 13.7. The molecule has 1 amide bonds. The van der Waals surface area contributed by atoms with Gasteiger partial charge in [-0.1, -0.05) is 43.7 Å². The number of rotatable bonds is 5. The molecule has 3 heterocycles. The molecule has 2 aliphatic heterocycles. The van der Waals surface area contributed by atoms with Crippen molar-refractivity contribution in [1.82, 2.24) is 20.4 Å². The summed E-state index contributed by atoms with van der Waals surface area (Å²) in [4.78, 5) is 14.4. The van der Waals surface area contributed by atoms with E-state index in [1.54, 1.807) is 0 Å². The van der Waals surface area contributed by atoms with E-state index in [2.05, 4.69) is 46.7 Å². The van der Waals surface area contributed by atoms with Gasteiger partial charge in [0.15, 0.2) is 0 Å². The quantitative estimate of drug-likeness (QED) is 0.862. The number of carbonyl (C=O) groups is 1. The zero-order valence-corrected chi connectivity index (χ0v) is 16.4. The number of aromatic nitrogens is 2. The van der Waals surface area contributed by atoms with Crippen molar-refractivity contribution in [2.75, 3.05) is 19.6 Å². The van der Waals surface area contributed by atoms with Gasteiger partial charge in [0.1, 0.15) is 0 Å². The lowest BCUT2D eigenvalue weighted by molar-refractivity contribution is -0.137. The van der Waals surface area contributed by atoms with E-state index >= 15 is 0 Å². The molecule has 28 heavy (non-hydrogen) atoms. The fourth-order valence-electron chi connectivity index (χ4n) is 4.79. The Balaban J connectivity index is 1.24. The first-order valence-corrected chi connectivity index (χ1v) is 10.6. The Morgan fingerprint density at radius 3 is 2.75 bits per heavy atom. The molecule has 1 aromatic carbocycles. The van der Waals surface area contributed by atoms with Crippen LogP contribution < -0.4 is 5.32 Å². The van der Waals surface area contributed by atoms with Crippen molar-refractivity contribution in [2.45, 2.75) is 50.5 Å². The Hall–Kier alpha value is -2.21. The van der Waals surface area contributed by atoms with Crippen molar-refractivity contribution >= 4 is 5.91 Å². The molecule has 6 heteroatoms. The molecule has 0 spiro atoms. The molecule has 3 aliphatic rings. The van der Waals surface area contributed by atoms with Crippen molar-refractivity contribution < 1.29 is 9.21 Å². The topological polar surface area (TPSA) is 71.3 Å². The summed E-state index contributed by atoms with van der Waals surface area (Å²) >= 11 is 0. The lowest BCUT2D eigenvalue weighted by Crippen LogP contribution is -2.49. The second-order valence-corrected chi connectivity index (χ2v) is 8.52. The van der Waals surface area contributed by atoms with Crippen LogP contribution in [0.3, 0.4) is 0 Å². The third-order valence-corrected chi connectivity index (χ3v) is 6.72. The normalized spacial score (nSPS) is 30.1. The second-order valence-electron chi connectivity index (χ2n) is 8.52. The van der Waals surface area contributed by atoms with Crippen molar-refractivity contribution in [3.05, 3.63) is 47.7 Å². The van der Waals surface area contributed by atoms with E-state index in [9.17, 15) is 4.79 Å². The van der Waals surface area contributed by atoms with Crippen LogP contribution in [0.2, 0.25) is 0 Å². The second kappa shape index (κ2) is 7.32. The van der Waals surface area contributed by atoms with Gasteiger partial charge < -0.3 is 14.6 Å². The standard InChI is InChI=1S/C22H28N4O2/c1-2-14-11-18(14)22(27)26-12-16(13-26)20-24-25-21(28-20)19-17(9-6-10-23-19)15-7-4-3-5-8-15/h3-5,7-8,14,16-19,23H,2,6,9-13H2,1H3. The van der Waals surface area contributed by atoms with Crippen LogP contribution in [0.1, 0.15) is 67.8 Å². The van der Waals surface area contributed by atoms with Crippen LogP contribution in [0.4, 0.5) is 0 Å². The molecule has 1 N–H and O–H groups in total. The maximum absolute atomic E-state index is 12.4. The van der Waals surface area contributed by atoms with E-state index in [0.29, 0.717) is 42.6 Å². The van der Waals surface area contributed by atoms with Crippen LogP contribution in [0, 0.1) is 11.8 Å². The van der Waals surface area contributed by atoms with Crippen LogP contribution in [0.5, 0.6) is 0 Å². The number of carbonyl (C=O) groups excluding carboxylic acids is 1. The fourth-order valence-corrected chi connectivity index (χ4v) is 4.79. The maximum Gasteiger partial charge on any atom is 0.234 e. The lowest BCUT2D eigenvalue weighted by atomic mass is 9.85. The van der Waals surface area contributed by atoms with Gasteiger partial charge in [0, 0.05) is 24.9 Å². The molecular weight excluding hydrogens is 352 g/mol. The molecular formula is C22H28N4O2. The number of benzene rings is 1. The van der Waals surface area contributed by atoms with Gasteiger partial charge in [0.2, 0.25) is 17.7 Å². The Kier molecular flexibility index (Phi) is 4.67. The third kappa shape index (κ3) is 3.24. The van der Waals surface area contributed by atoms with Crippen molar-refractivity contribution in [3.8, 4) is 0 Å². The maximum atomic E-state index is 12.4. The average Bonchev–Trinajstić information content (AvgIpc) is 3.36. The van der Waals surface area contributed by atoms with E-state index in [4.69, 9.17) is 4.42 Å². The highest BCUT2D eigenvalue weighted by atomic mass is 16.4. The summed E-state index contributed by atoms with van der Waals surface area (Å²) < 4.78 is 6.10. The van der Waals surface area contributed by atoms with Crippen LogP contribution in [-0.4, -0.2) is 40.6 Å². The van der Waals surface area contributed by atoms with E-state index in [-0.39, 0.29) is 17.9 Å². The summed E-state index contributed by atoms with van der Waals surface area (Å²) in [6.45, 7) is 4.57.